The number of hydrogen-bond donors (Lipinski definition) is 1. The summed E-state index contributed by atoms with van der Waals surface area (Å²) in [6.07, 6.45) is 9.99. The molecule has 2 fully saturated rings. The van der Waals surface area contributed by atoms with E-state index >= 15 is 0 Å². The maximum Gasteiger partial charge on any atom is 0.00978 e. The van der Waals surface area contributed by atoms with Gasteiger partial charge in [0, 0.05) is 12.6 Å². The van der Waals surface area contributed by atoms with Gasteiger partial charge in [-0.2, -0.15) is 0 Å². The monoisotopic (exact) mass is 288 g/mol. The van der Waals surface area contributed by atoms with Crippen molar-refractivity contribution < 1.29 is 0 Å². The summed E-state index contributed by atoms with van der Waals surface area (Å²) < 4.78 is 0. The molecule has 1 unspecified atom stereocenters. The standard InChI is InChI=1S/C16H32N2.ClH/c1-14(2)12-16-6-4-3-5-11-18(16)13-15-7-9-17-10-8-15;/h14-17H,3-13H2,1-2H3;1H. The lowest BCUT2D eigenvalue weighted by Gasteiger charge is -2.35. The zero-order valence-electron chi connectivity index (χ0n) is 12.9. The van der Waals surface area contributed by atoms with Crippen LogP contribution in [0.1, 0.15) is 58.8 Å². The molecule has 1 N–H and O–H groups in total. The van der Waals surface area contributed by atoms with Crippen LogP contribution in [0.4, 0.5) is 0 Å². The van der Waals surface area contributed by atoms with Crippen molar-refractivity contribution in [2.75, 3.05) is 26.2 Å². The normalized spacial score (nSPS) is 27.0. The van der Waals surface area contributed by atoms with Gasteiger partial charge in [-0.1, -0.05) is 26.7 Å². The molecule has 0 saturated carbocycles. The van der Waals surface area contributed by atoms with E-state index in [2.05, 4.69) is 24.1 Å². The number of nitrogens with one attached hydrogen (secondary N) is 1. The quantitative estimate of drug-likeness (QED) is 0.849. The lowest BCUT2D eigenvalue weighted by atomic mass is 9.94. The first-order chi connectivity index (χ1) is 8.75. The van der Waals surface area contributed by atoms with Crippen molar-refractivity contribution in [1.29, 1.82) is 0 Å². The van der Waals surface area contributed by atoms with Crippen LogP contribution >= 0.6 is 12.4 Å². The van der Waals surface area contributed by atoms with Crippen molar-refractivity contribution >= 4 is 12.4 Å². The molecule has 114 valence electrons. The molecule has 0 aromatic rings. The summed E-state index contributed by atoms with van der Waals surface area (Å²) >= 11 is 0. The summed E-state index contributed by atoms with van der Waals surface area (Å²) in [5.74, 6) is 1.81. The molecule has 1 atom stereocenters. The van der Waals surface area contributed by atoms with E-state index in [1.165, 1.54) is 71.1 Å². The minimum atomic E-state index is 0. The maximum atomic E-state index is 3.49. The molecular formula is C16H33ClN2. The van der Waals surface area contributed by atoms with Gasteiger partial charge in [-0.15, -0.1) is 12.4 Å². The minimum absolute atomic E-state index is 0. The fraction of sp³-hybridized carbons (Fsp3) is 1.00. The number of rotatable bonds is 4. The highest BCUT2D eigenvalue weighted by Crippen LogP contribution is 2.25. The maximum absolute atomic E-state index is 3.49. The molecule has 0 aromatic heterocycles. The Morgan fingerprint density at radius 2 is 1.79 bits per heavy atom. The Bertz CT molecular complexity index is 227. The molecule has 19 heavy (non-hydrogen) atoms. The molecule has 0 amide bonds. The van der Waals surface area contributed by atoms with Crippen LogP contribution in [0.3, 0.4) is 0 Å². The van der Waals surface area contributed by atoms with E-state index in [1.54, 1.807) is 0 Å². The van der Waals surface area contributed by atoms with Crippen LogP contribution in [0.25, 0.3) is 0 Å². The van der Waals surface area contributed by atoms with Gasteiger partial charge in [0.2, 0.25) is 0 Å². The van der Waals surface area contributed by atoms with E-state index in [0.29, 0.717) is 0 Å². The van der Waals surface area contributed by atoms with Gasteiger partial charge in [-0.05, 0) is 63.6 Å². The first-order valence-corrected chi connectivity index (χ1v) is 8.20. The van der Waals surface area contributed by atoms with E-state index < -0.39 is 0 Å². The number of nitrogens with zero attached hydrogens (tertiary/aromatic N) is 1. The topological polar surface area (TPSA) is 15.3 Å². The Kier molecular flexibility index (Phi) is 8.36. The number of halogens is 1. The van der Waals surface area contributed by atoms with E-state index in [1.807, 2.05) is 0 Å². The molecule has 2 aliphatic heterocycles. The summed E-state index contributed by atoms with van der Waals surface area (Å²) in [6.45, 7) is 9.99. The van der Waals surface area contributed by atoms with Gasteiger partial charge >= 0.3 is 0 Å². The third kappa shape index (κ3) is 6.01. The molecule has 2 saturated heterocycles. The SMILES string of the molecule is CC(C)CC1CCCCCN1CC1CCNCC1.Cl. The third-order valence-corrected chi connectivity index (χ3v) is 4.69. The van der Waals surface area contributed by atoms with Crippen LogP contribution in [-0.4, -0.2) is 37.1 Å². The Hall–Kier alpha value is 0.210. The molecule has 0 bridgehead atoms. The van der Waals surface area contributed by atoms with Crippen LogP contribution in [0, 0.1) is 11.8 Å². The fourth-order valence-corrected chi connectivity index (χ4v) is 3.68. The molecule has 2 nitrogen and oxygen atoms in total. The number of likely N-dealkylation sites (tertiary alicyclic amines) is 1. The molecule has 0 aliphatic carbocycles. The largest absolute Gasteiger partial charge is 0.317 e. The first-order valence-electron chi connectivity index (χ1n) is 8.20. The average molecular weight is 289 g/mol. The van der Waals surface area contributed by atoms with E-state index in [4.69, 9.17) is 0 Å². The van der Waals surface area contributed by atoms with Crippen LogP contribution in [0.5, 0.6) is 0 Å². The van der Waals surface area contributed by atoms with Gasteiger partial charge in [0.1, 0.15) is 0 Å². The smallest absolute Gasteiger partial charge is 0.00978 e. The summed E-state index contributed by atoms with van der Waals surface area (Å²) in [5.41, 5.74) is 0. The Balaban J connectivity index is 0.00000180. The second kappa shape index (κ2) is 9.20. The van der Waals surface area contributed by atoms with Gasteiger partial charge in [0.25, 0.3) is 0 Å². The van der Waals surface area contributed by atoms with Gasteiger partial charge in [0.05, 0.1) is 0 Å². The van der Waals surface area contributed by atoms with Gasteiger partial charge in [-0.25, -0.2) is 0 Å². The van der Waals surface area contributed by atoms with Crippen molar-refractivity contribution in [3.63, 3.8) is 0 Å². The molecule has 3 heteroatoms. The van der Waals surface area contributed by atoms with Crippen molar-refractivity contribution in [3.8, 4) is 0 Å². The first kappa shape index (κ1) is 17.3. The second-order valence-corrected chi connectivity index (χ2v) is 6.82. The molecule has 0 aromatic carbocycles. The van der Waals surface area contributed by atoms with Crippen molar-refractivity contribution in [3.05, 3.63) is 0 Å². The zero-order valence-corrected chi connectivity index (χ0v) is 13.7. The second-order valence-electron chi connectivity index (χ2n) is 6.82. The molecule has 2 aliphatic rings. The van der Waals surface area contributed by atoms with Crippen LogP contribution < -0.4 is 5.32 Å². The lowest BCUT2D eigenvalue weighted by molar-refractivity contribution is 0.138. The summed E-state index contributed by atoms with van der Waals surface area (Å²) in [6, 6.07) is 0.877. The molecule has 2 rings (SSSR count). The zero-order chi connectivity index (χ0) is 12.8. The average Bonchev–Trinajstić information content (AvgIpc) is 2.56. The lowest BCUT2D eigenvalue weighted by Crippen LogP contribution is -2.42. The minimum Gasteiger partial charge on any atom is -0.317 e. The molecule has 2 heterocycles. The fourth-order valence-electron chi connectivity index (χ4n) is 3.68. The van der Waals surface area contributed by atoms with Crippen molar-refractivity contribution in [2.24, 2.45) is 11.8 Å². The Morgan fingerprint density at radius 3 is 2.47 bits per heavy atom. The highest BCUT2D eigenvalue weighted by molar-refractivity contribution is 5.85. The highest BCUT2D eigenvalue weighted by atomic mass is 35.5. The predicted octanol–water partition coefficient (Wildman–Crippen LogP) is 3.70. The molecule has 0 radical (unpaired) electrons. The number of hydrogen-bond acceptors (Lipinski definition) is 2. The molecule has 0 spiro atoms. The van der Waals surface area contributed by atoms with Crippen LogP contribution in [-0.2, 0) is 0 Å². The van der Waals surface area contributed by atoms with E-state index in [9.17, 15) is 0 Å². The Labute approximate surface area is 126 Å². The van der Waals surface area contributed by atoms with Crippen LogP contribution in [0.15, 0.2) is 0 Å². The van der Waals surface area contributed by atoms with Crippen molar-refractivity contribution in [2.45, 2.75) is 64.8 Å². The highest BCUT2D eigenvalue weighted by Gasteiger charge is 2.25. The van der Waals surface area contributed by atoms with Crippen molar-refractivity contribution in [1.82, 2.24) is 10.2 Å². The summed E-state index contributed by atoms with van der Waals surface area (Å²) in [4.78, 5) is 2.85. The summed E-state index contributed by atoms with van der Waals surface area (Å²) in [5, 5.41) is 3.49. The molecular weight excluding hydrogens is 256 g/mol. The van der Waals surface area contributed by atoms with Gasteiger partial charge < -0.3 is 10.2 Å². The predicted molar refractivity (Wildman–Crippen MR) is 86.1 cm³/mol. The van der Waals surface area contributed by atoms with Gasteiger partial charge in [0.15, 0.2) is 0 Å². The Morgan fingerprint density at radius 1 is 1.05 bits per heavy atom. The van der Waals surface area contributed by atoms with Gasteiger partial charge in [-0.3, -0.25) is 0 Å². The van der Waals surface area contributed by atoms with Crippen LogP contribution in [0.2, 0.25) is 0 Å². The van der Waals surface area contributed by atoms with E-state index in [-0.39, 0.29) is 12.4 Å². The third-order valence-electron chi connectivity index (χ3n) is 4.69. The van der Waals surface area contributed by atoms with E-state index in [0.717, 1.165) is 17.9 Å². The summed E-state index contributed by atoms with van der Waals surface area (Å²) in [7, 11) is 0. The number of piperidine rings is 1.